The summed E-state index contributed by atoms with van der Waals surface area (Å²) in [5, 5.41) is 15.6. The van der Waals surface area contributed by atoms with E-state index in [4.69, 9.17) is 5.11 Å². The molecule has 0 aliphatic carbocycles. The summed E-state index contributed by atoms with van der Waals surface area (Å²) in [6, 6.07) is -0.974. The molecule has 0 spiro atoms. The first-order valence-electron chi connectivity index (χ1n) is 5.58. The highest BCUT2D eigenvalue weighted by atomic mass is 32.1. The second-order valence-corrected chi connectivity index (χ2v) is 5.11. The number of rotatable bonds is 5. The van der Waals surface area contributed by atoms with Crippen molar-refractivity contribution in [2.24, 2.45) is 5.92 Å². The molecule has 0 radical (unpaired) electrons. The summed E-state index contributed by atoms with van der Waals surface area (Å²) in [7, 11) is 0. The minimum Gasteiger partial charge on any atom is -0.480 e. The number of thiazole rings is 1. The minimum absolute atomic E-state index is 0.0839. The second-order valence-electron chi connectivity index (χ2n) is 4.25. The van der Waals surface area contributed by atoms with E-state index in [1.807, 2.05) is 0 Å². The molecule has 0 bridgehead atoms. The average molecular weight is 285 g/mol. The zero-order chi connectivity index (χ0) is 14.6. The van der Waals surface area contributed by atoms with Crippen LogP contribution in [0.2, 0.25) is 0 Å². The van der Waals surface area contributed by atoms with E-state index < -0.39 is 17.9 Å². The van der Waals surface area contributed by atoms with Crippen LogP contribution in [0.1, 0.15) is 31.3 Å². The lowest BCUT2D eigenvalue weighted by Gasteiger charge is -2.16. The average Bonchev–Trinajstić information content (AvgIpc) is 2.72. The van der Waals surface area contributed by atoms with Gasteiger partial charge in [-0.3, -0.25) is 9.59 Å². The molecule has 104 valence electrons. The molecule has 1 heterocycles. The van der Waals surface area contributed by atoms with Crippen LogP contribution in [0.15, 0.2) is 5.38 Å². The van der Waals surface area contributed by atoms with Crippen molar-refractivity contribution in [2.45, 2.75) is 26.8 Å². The van der Waals surface area contributed by atoms with Crippen molar-refractivity contribution >= 4 is 34.3 Å². The number of hydrogen-bond donors (Lipinski definition) is 3. The van der Waals surface area contributed by atoms with Gasteiger partial charge in [-0.05, 0) is 5.92 Å². The number of hydrogen-bond acceptors (Lipinski definition) is 5. The summed E-state index contributed by atoms with van der Waals surface area (Å²) in [4.78, 5) is 37.5. The molecule has 0 saturated heterocycles. The standard InChI is InChI=1S/C11H15N3O4S/c1-5(2)8(10(17)18)14-9(16)7-4-19-11(13-7)12-6(3)15/h4-5,8H,1-3H3,(H,14,16)(H,17,18)(H,12,13,15)/t8-/m1/s1. The fourth-order valence-electron chi connectivity index (χ4n) is 1.31. The third-order valence-corrected chi connectivity index (χ3v) is 3.00. The maximum absolute atomic E-state index is 11.8. The van der Waals surface area contributed by atoms with E-state index in [9.17, 15) is 14.4 Å². The first-order valence-corrected chi connectivity index (χ1v) is 6.46. The smallest absolute Gasteiger partial charge is 0.326 e. The van der Waals surface area contributed by atoms with E-state index in [0.29, 0.717) is 5.13 Å². The summed E-state index contributed by atoms with van der Waals surface area (Å²) in [6.45, 7) is 4.73. The molecule has 1 aromatic rings. The van der Waals surface area contributed by atoms with Gasteiger partial charge in [-0.15, -0.1) is 11.3 Å². The second kappa shape index (κ2) is 6.28. The van der Waals surface area contributed by atoms with Gasteiger partial charge in [0.2, 0.25) is 5.91 Å². The fraction of sp³-hybridized carbons (Fsp3) is 0.455. The molecular formula is C11H15N3O4S. The van der Waals surface area contributed by atoms with E-state index in [1.54, 1.807) is 13.8 Å². The molecule has 1 aromatic heterocycles. The van der Waals surface area contributed by atoms with Crippen LogP contribution >= 0.6 is 11.3 Å². The quantitative estimate of drug-likeness (QED) is 0.746. The van der Waals surface area contributed by atoms with Crippen LogP contribution in [0.4, 0.5) is 5.13 Å². The van der Waals surface area contributed by atoms with Gasteiger partial charge in [-0.2, -0.15) is 0 Å². The molecule has 0 aromatic carbocycles. The Hall–Kier alpha value is -1.96. The van der Waals surface area contributed by atoms with Crippen molar-refractivity contribution in [3.8, 4) is 0 Å². The number of carboxylic acid groups (broad SMARTS) is 1. The number of anilines is 1. The van der Waals surface area contributed by atoms with E-state index >= 15 is 0 Å². The van der Waals surface area contributed by atoms with Gasteiger partial charge in [0, 0.05) is 12.3 Å². The molecule has 7 nitrogen and oxygen atoms in total. The van der Waals surface area contributed by atoms with E-state index in [-0.39, 0.29) is 17.5 Å². The molecule has 2 amide bonds. The third-order valence-electron chi connectivity index (χ3n) is 2.24. The van der Waals surface area contributed by atoms with Gasteiger partial charge in [0.25, 0.3) is 5.91 Å². The van der Waals surface area contributed by atoms with Crippen molar-refractivity contribution in [1.29, 1.82) is 0 Å². The Balaban J connectivity index is 2.75. The van der Waals surface area contributed by atoms with Crippen LogP contribution in [-0.2, 0) is 9.59 Å². The highest BCUT2D eigenvalue weighted by Gasteiger charge is 2.24. The molecule has 8 heteroatoms. The van der Waals surface area contributed by atoms with Crippen molar-refractivity contribution in [2.75, 3.05) is 5.32 Å². The number of carbonyl (C=O) groups is 3. The van der Waals surface area contributed by atoms with Gasteiger partial charge in [0.05, 0.1) is 0 Å². The highest BCUT2D eigenvalue weighted by molar-refractivity contribution is 7.14. The fourth-order valence-corrected chi connectivity index (χ4v) is 2.05. The number of nitrogens with zero attached hydrogens (tertiary/aromatic N) is 1. The van der Waals surface area contributed by atoms with Crippen LogP contribution in [-0.4, -0.2) is 33.9 Å². The van der Waals surface area contributed by atoms with Gasteiger partial charge in [0.15, 0.2) is 5.13 Å². The molecule has 0 aliphatic rings. The van der Waals surface area contributed by atoms with Gasteiger partial charge in [-0.1, -0.05) is 13.8 Å². The molecule has 1 atom stereocenters. The molecule has 0 unspecified atom stereocenters. The number of amides is 2. The Bertz CT molecular complexity index is 498. The van der Waals surface area contributed by atoms with Gasteiger partial charge in [0.1, 0.15) is 11.7 Å². The summed E-state index contributed by atoms with van der Waals surface area (Å²) in [5.74, 6) is -2.20. The first-order chi connectivity index (χ1) is 8.81. The van der Waals surface area contributed by atoms with Gasteiger partial charge < -0.3 is 15.7 Å². The predicted molar refractivity (Wildman–Crippen MR) is 70.1 cm³/mol. The van der Waals surface area contributed by atoms with Crippen LogP contribution in [0.5, 0.6) is 0 Å². The van der Waals surface area contributed by atoms with Crippen LogP contribution in [0.25, 0.3) is 0 Å². The monoisotopic (exact) mass is 285 g/mol. The molecule has 3 N–H and O–H groups in total. The normalized spacial score (nSPS) is 12.0. The van der Waals surface area contributed by atoms with Crippen molar-refractivity contribution in [3.05, 3.63) is 11.1 Å². The number of nitrogens with one attached hydrogen (secondary N) is 2. The maximum Gasteiger partial charge on any atom is 0.326 e. The molecule has 0 fully saturated rings. The van der Waals surface area contributed by atoms with Crippen LogP contribution < -0.4 is 10.6 Å². The van der Waals surface area contributed by atoms with Crippen molar-refractivity contribution in [3.63, 3.8) is 0 Å². The van der Waals surface area contributed by atoms with E-state index in [2.05, 4.69) is 15.6 Å². The zero-order valence-electron chi connectivity index (χ0n) is 10.8. The highest BCUT2D eigenvalue weighted by Crippen LogP contribution is 2.15. The lowest BCUT2D eigenvalue weighted by atomic mass is 10.0. The number of aliphatic carboxylic acids is 1. The lowest BCUT2D eigenvalue weighted by molar-refractivity contribution is -0.140. The molecular weight excluding hydrogens is 270 g/mol. The molecule has 1 rings (SSSR count). The van der Waals surface area contributed by atoms with E-state index in [1.165, 1.54) is 12.3 Å². The van der Waals surface area contributed by atoms with Crippen LogP contribution in [0, 0.1) is 5.92 Å². The van der Waals surface area contributed by atoms with Crippen LogP contribution in [0.3, 0.4) is 0 Å². The molecule has 0 saturated carbocycles. The SMILES string of the molecule is CC(=O)Nc1nc(C(=O)N[C@@H](C(=O)O)C(C)C)cs1. The Morgan fingerprint density at radius 2 is 2.00 bits per heavy atom. The summed E-state index contributed by atoms with van der Waals surface area (Å²) in [5.41, 5.74) is 0.0839. The third kappa shape index (κ3) is 4.32. The van der Waals surface area contributed by atoms with Crippen molar-refractivity contribution in [1.82, 2.24) is 10.3 Å². The summed E-state index contributed by atoms with van der Waals surface area (Å²) < 4.78 is 0. The number of aromatic nitrogens is 1. The Morgan fingerprint density at radius 1 is 1.37 bits per heavy atom. The maximum atomic E-state index is 11.8. The number of carbonyl (C=O) groups excluding carboxylic acids is 2. The molecule has 19 heavy (non-hydrogen) atoms. The Morgan fingerprint density at radius 3 is 2.47 bits per heavy atom. The van der Waals surface area contributed by atoms with Gasteiger partial charge >= 0.3 is 5.97 Å². The van der Waals surface area contributed by atoms with E-state index in [0.717, 1.165) is 11.3 Å². The minimum atomic E-state index is -1.10. The zero-order valence-corrected chi connectivity index (χ0v) is 11.6. The van der Waals surface area contributed by atoms with Crippen molar-refractivity contribution < 1.29 is 19.5 Å². The summed E-state index contributed by atoms with van der Waals surface area (Å²) in [6.07, 6.45) is 0. The first kappa shape index (κ1) is 15.1. The lowest BCUT2D eigenvalue weighted by Crippen LogP contribution is -2.44. The Labute approximate surface area is 114 Å². The predicted octanol–water partition coefficient (Wildman–Crippen LogP) is 0.940. The van der Waals surface area contributed by atoms with Gasteiger partial charge in [-0.25, -0.2) is 9.78 Å². The Kier molecular flexibility index (Phi) is 4.99. The number of carboxylic acids is 1. The summed E-state index contributed by atoms with van der Waals surface area (Å²) >= 11 is 1.10. The topological polar surface area (TPSA) is 108 Å². The largest absolute Gasteiger partial charge is 0.480 e. The molecule has 0 aliphatic heterocycles.